The smallest absolute Gasteiger partial charge is 0.127 e. The largest absolute Gasteiger partial charge is 0.496 e. The second kappa shape index (κ2) is 5.39. The molecule has 1 atom stereocenters. The molecule has 2 heterocycles. The van der Waals surface area contributed by atoms with Gasteiger partial charge in [-0.05, 0) is 43.2 Å². The lowest BCUT2D eigenvalue weighted by Crippen LogP contribution is -2.49. The van der Waals surface area contributed by atoms with Gasteiger partial charge in [0.05, 0.1) is 13.3 Å². The summed E-state index contributed by atoms with van der Waals surface area (Å²) in [7, 11) is 3.89. The number of nitrogens with two attached hydrogens (primary N) is 1. The number of allylic oxidation sites excluding steroid dienone is 2. The Morgan fingerprint density at radius 2 is 2.13 bits per heavy atom. The summed E-state index contributed by atoms with van der Waals surface area (Å²) in [5.41, 5.74) is 11.4. The Bertz CT molecular complexity index is 688. The maximum absolute atomic E-state index is 6.40. The van der Waals surface area contributed by atoms with Gasteiger partial charge in [-0.25, -0.2) is 0 Å². The molecule has 1 aromatic rings. The summed E-state index contributed by atoms with van der Waals surface area (Å²) in [5.74, 6) is 0.950. The highest BCUT2D eigenvalue weighted by atomic mass is 16.5. The van der Waals surface area contributed by atoms with Gasteiger partial charge >= 0.3 is 0 Å². The van der Waals surface area contributed by atoms with Crippen LogP contribution in [0.3, 0.4) is 0 Å². The van der Waals surface area contributed by atoms with E-state index in [2.05, 4.69) is 47.6 Å². The maximum atomic E-state index is 6.40. The molecule has 0 radical (unpaired) electrons. The molecule has 0 saturated heterocycles. The van der Waals surface area contributed by atoms with Crippen LogP contribution in [0.4, 0.5) is 5.69 Å². The number of likely N-dealkylation sites (N-methyl/N-ethyl adjacent to an activating group) is 1. The molecule has 4 rings (SSSR count). The van der Waals surface area contributed by atoms with E-state index in [9.17, 15) is 0 Å². The minimum absolute atomic E-state index is 0.0241. The number of ether oxygens (including phenoxy) is 1. The summed E-state index contributed by atoms with van der Waals surface area (Å²) in [6, 6.07) is 4.44. The van der Waals surface area contributed by atoms with Gasteiger partial charge < -0.3 is 15.8 Å². The first-order valence-electron chi connectivity index (χ1n) is 8.44. The monoisotopic (exact) mass is 311 g/mol. The molecule has 122 valence electrons. The Morgan fingerprint density at radius 1 is 1.30 bits per heavy atom. The Labute approximate surface area is 138 Å². The quantitative estimate of drug-likeness (QED) is 0.882. The van der Waals surface area contributed by atoms with Crippen LogP contribution in [0.1, 0.15) is 30.4 Å². The number of rotatable bonds is 2. The predicted molar refractivity (Wildman–Crippen MR) is 94.7 cm³/mol. The molecule has 4 heteroatoms. The highest BCUT2D eigenvalue weighted by molar-refractivity contribution is 5.82. The fourth-order valence-electron chi connectivity index (χ4n) is 4.07. The average Bonchev–Trinajstić information content (AvgIpc) is 2.63. The third kappa shape index (κ3) is 2.20. The van der Waals surface area contributed by atoms with Gasteiger partial charge in [0.2, 0.25) is 0 Å². The number of nitrogens with one attached hydrogen (secondary N) is 1. The van der Waals surface area contributed by atoms with Crippen molar-refractivity contribution in [2.24, 2.45) is 5.73 Å². The summed E-state index contributed by atoms with van der Waals surface area (Å²) < 4.78 is 5.73. The SMILES string of the molecule is COc1cc2c(cc1C1=CCN(C)CC=C1)NC(N)C21CCC1. The van der Waals surface area contributed by atoms with Gasteiger partial charge in [0, 0.05) is 29.8 Å². The number of methoxy groups -OCH3 is 1. The Balaban J connectivity index is 1.79. The van der Waals surface area contributed by atoms with E-state index in [1.165, 1.54) is 36.1 Å². The molecular weight excluding hydrogens is 286 g/mol. The Morgan fingerprint density at radius 3 is 2.83 bits per heavy atom. The molecule has 1 aromatic carbocycles. The van der Waals surface area contributed by atoms with Crippen LogP contribution in [0, 0.1) is 0 Å². The van der Waals surface area contributed by atoms with Gasteiger partial charge in [-0.2, -0.15) is 0 Å². The van der Waals surface area contributed by atoms with Gasteiger partial charge in [-0.1, -0.05) is 24.6 Å². The standard InChI is InChI=1S/C19H25N3O/c1-22-9-3-5-13(6-10-22)14-11-16-15(12-17(14)23-2)19(7-4-8-19)18(20)21-16/h3,5-6,11-12,18,21H,4,7-10,20H2,1-2H3. The first-order chi connectivity index (χ1) is 11.1. The van der Waals surface area contributed by atoms with E-state index < -0.39 is 0 Å². The molecule has 4 nitrogen and oxygen atoms in total. The van der Waals surface area contributed by atoms with Crippen molar-refractivity contribution in [3.63, 3.8) is 0 Å². The van der Waals surface area contributed by atoms with E-state index in [0.717, 1.165) is 24.4 Å². The first-order valence-corrected chi connectivity index (χ1v) is 8.44. The van der Waals surface area contributed by atoms with Crippen molar-refractivity contribution in [1.29, 1.82) is 0 Å². The van der Waals surface area contributed by atoms with Crippen LogP contribution in [0.2, 0.25) is 0 Å². The number of hydrogen-bond donors (Lipinski definition) is 2. The normalized spacial score (nSPS) is 25.3. The summed E-state index contributed by atoms with van der Waals surface area (Å²) in [4.78, 5) is 2.28. The second-order valence-electron chi connectivity index (χ2n) is 7.01. The zero-order valence-electron chi connectivity index (χ0n) is 13.9. The number of fused-ring (bicyclic) bond motifs is 2. The lowest BCUT2D eigenvalue weighted by atomic mass is 9.64. The van der Waals surface area contributed by atoms with Crippen molar-refractivity contribution in [2.75, 3.05) is 32.6 Å². The summed E-state index contributed by atoms with van der Waals surface area (Å²) in [6.07, 6.45) is 10.3. The van der Waals surface area contributed by atoms with Crippen molar-refractivity contribution in [3.8, 4) is 5.75 Å². The Kier molecular flexibility index (Phi) is 3.47. The third-order valence-corrected chi connectivity index (χ3v) is 5.68. The number of anilines is 1. The van der Waals surface area contributed by atoms with Crippen LogP contribution >= 0.6 is 0 Å². The lowest BCUT2D eigenvalue weighted by molar-refractivity contribution is 0.222. The Hall–Kier alpha value is -1.78. The van der Waals surface area contributed by atoms with Crippen LogP contribution in [0.15, 0.2) is 30.4 Å². The zero-order chi connectivity index (χ0) is 16.0. The van der Waals surface area contributed by atoms with Crippen LogP contribution < -0.4 is 15.8 Å². The van der Waals surface area contributed by atoms with Crippen molar-refractivity contribution < 1.29 is 4.74 Å². The molecule has 0 bridgehead atoms. The second-order valence-corrected chi connectivity index (χ2v) is 7.01. The summed E-state index contributed by atoms with van der Waals surface area (Å²) in [5, 5.41) is 3.51. The third-order valence-electron chi connectivity index (χ3n) is 5.68. The van der Waals surface area contributed by atoms with Crippen molar-refractivity contribution in [1.82, 2.24) is 4.90 Å². The molecule has 1 fully saturated rings. The van der Waals surface area contributed by atoms with E-state index in [0.29, 0.717) is 0 Å². The molecule has 0 amide bonds. The molecule has 2 aliphatic heterocycles. The van der Waals surface area contributed by atoms with Crippen LogP contribution in [0.25, 0.3) is 5.57 Å². The van der Waals surface area contributed by atoms with Gasteiger partial charge in [-0.15, -0.1) is 0 Å². The molecule has 3 N–H and O–H groups in total. The molecule has 3 aliphatic rings. The van der Waals surface area contributed by atoms with Crippen molar-refractivity contribution in [2.45, 2.75) is 30.8 Å². The number of nitrogens with zero attached hydrogens (tertiary/aromatic N) is 1. The van der Waals surface area contributed by atoms with E-state index in [1.807, 2.05) is 0 Å². The van der Waals surface area contributed by atoms with E-state index in [1.54, 1.807) is 7.11 Å². The minimum Gasteiger partial charge on any atom is -0.496 e. The molecule has 1 spiro atoms. The molecular formula is C19H25N3O. The van der Waals surface area contributed by atoms with Gasteiger partial charge in [0.15, 0.2) is 0 Å². The van der Waals surface area contributed by atoms with Crippen LogP contribution in [-0.4, -0.2) is 38.3 Å². The molecule has 1 unspecified atom stereocenters. The molecule has 0 aromatic heterocycles. The van der Waals surface area contributed by atoms with Gasteiger partial charge in [0.25, 0.3) is 0 Å². The van der Waals surface area contributed by atoms with E-state index >= 15 is 0 Å². The van der Waals surface area contributed by atoms with Gasteiger partial charge in [0.1, 0.15) is 5.75 Å². The van der Waals surface area contributed by atoms with Gasteiger partial charge in [-0.3, -0.25) is 4.90 Å². The average molecular weight is 311 g/mol. The van der Waals surface area contributed by atoms with Crippen molar-refractivity contribution in [3.05, 3.63) is 41.5 Å². The highest BCUT2D eigenvalue weighted by Crippen LogP contribution is 2.54. The summed E-state index contributed by atoms with van der Waals surface area (Å²) >= 11 is 0. The number of benzene rings is 1. The topological polar surface area (TPSA) is 50.5 Å². The molecule has 23 heavy (non-hydrogen) atoms. The van der Waals surface area contributed by atoms with Crippen LogP contribution in [0.5, 0.6) is 5.75 Å². The summed E-state index contributed by atoms with van der Waals surface area (Å²) in [6.45, 7) is 1.92. The van der Waals surface area contributed by atoms with Crippen molar-refractivity contribution >= 4 is 11.3 Å². The fraction of sp³-hybridized carbons (Fsp3) is 0.474. The zero-order valence-corrected chi connectivity index (χ0v) is 13.9. The van der Waals surface area contributed by atoms with E-state index in [4.69, 9.17) is 10.5 Å². The van der Waals surface area contributed by atoms with E-state index in [-0.39, 0.29) is 11.6 Å². The predicted octanol–water partition coefficient (Wildman–Crippen LogP) is 2.71. The minimum atomic E-state index is 0.0241. The number of hydrogen-bond acceptors (Lipinski definition) is 4. The maximum Gasteiger partial charge on any atom is 0.127 e. The first kappa shape index (κ1) is 14.8. The fourth-order valence-corrected chi connectivity index (χ4v) is 4.07. The highest BCUT2D eigenvalue weighted by Gasteiger charge is 2.49. The lowest BCUT2D eigenvalue weighted by Gasteiger charge is -2.42. The van der Waals surface area contributed by atoms with Crippen LogP contribution in [-0.2, 0) is 5.41 Å². The molecule has 1 aliphatic carbocycles. The molecule has 1 saturated carbocycles.